The molecule has 56 heavy (non-hydrogen) atoms. The fraction of sp³-hybridized carbons (Fsp3) is 0.311. The van der Waals surface area contributed by atoms with Crippen LogP contribution in [0.3, 0.4) is 0 Å². The number of benzene rings is 4. The standard InChI is InChI=1S/C45H44N6O5/c52-35-13-16-37-32(25-35)11-14-36(30-5-2-1-3-6-30)42(37)31-9-7-29(8-10-31)33-27-46-50(28-33)20-4-19-48-21-23-49(24-22-48)34-12-15-38-39(26-34)45(56)51(44(38)55)40-17-18-41(53)47-43(40)54/h1-3,5-10,12-13,15-16,25-28,36,40,42,52H,4,11,14,17-24H2,(H,47,53,54). The molecule has 284 valence electrons. The molecule has 0 saturated carbocycles. The van der Waals surface area contributed by atoms with E-state index >= 15 is 0 Å². The first-order valence-corrected chi connectivity index (χ1v) is 19.6. The van der Waals surface area contributed by atoms with Crippen molar-refractivity contribution in [3.63, 3.8) is 0 Å². The topological polar surface area (TPSA) is 128 Å². The molecule has 0 radical (unpaired) electrons. The third-order valence-corrected chi connectivity index (χ3v) is 12.1. The zero-order valence-electron chi connectivity index (χ0n) is 31.1. The van der Waals surface area contributed by atoms with Crippen LogP contribution in [-0.4, -0.2) is 87.1 Å². The third kappa shape index (κ3) is 6.76. The molecule has 0 spiro atoms. The minimum Gasteiger partial charge on any atom is -0.508 e. The molecule has 2 N–H and O–H groups in total. The average molecular weight is 749 g/mol. The lowest BCUT2D eigenvalue weighted by molar-refractivity contribution is -0.136. The molecule has 4 heterocycles. The number of imide groups is 2. The van der Waals surface area contributed by atoms with E-state index in [1.54, 1.807) is 12.1 Å². The number of aromatic hydroxyl groups is 1. The number of rotatable bonds is 9. The van der Waals surface area contributed by atoms with Crippen molar-refractivity contribution in [2.75, 3.05) is 37.6 Å². The van der Waals surface area contributed by atoms with Crippen molar-refractivity contribution in [2.45, 2.75) is 56.5 Å². The number of carbonyl (C=O) groups is 4. The van der Waals surface area contributed by atoms with Crippen molar-refractivity contribution in [1.82, 2.24) is 24.9 Å². The van der Waals surface area contributed by atoms with E-state index in [9.17, 15) is 24.3 Å². The predicted molar refractivity (Wildman–Crippen MR) is 212 cm³/mol. The summed E-state index contributed by atoms with van der Waals surface area (Å²) in [6.07, 6.45) is 7.25. The molecule has 11 heteroatoms. The normalized spacial score (nSPS) is 21.2. The summed E-state index contributed by atoms with van der Waals surface area (Å²) in [5.74, 6) is -1.06. The van der Waals surface area contributed by atoms with Gasteiger partial charge in [-0.05, 0) is 89.8 Å². The summed E-state index contributed by atoms with van der Waals surface area (Å²) in [4.78, 5) is 56.1. The summed E-state index contributed by atoms with van der Waals surface area (Å²) in [6.45, 7) is 5.09. The van der Waals surface area contributed by atoms with Crippen molar-refractivity contribution in [3.8, 4) is 16.9 Å². The Hall–Kier alpha value is -6.07. The number of anilines is 1. The number of carbonyl (C=O) groups excluding carboxylic acids is 4. The highest BCUT2D eigenvalue weighted by Gasteiger charge is 2.45. The van der Waals surface area contributed by atoms with Crippen LogP contribution >= 0.6 is 0 Å². The summed E-state index contributed by atoms with van der Waals surface area (Å²) in [5.41, 5.74) is 8.86. The van der Waals surface area contributed by atoms with Crippen LogP contribution < -0.4 is 10.2 Å². The molecule has 1 aromatic heterocycles. The van der Waals surface area contributed by atoms with Gasteiger partial charge in [0.25, 0.3) is 11.8 Å². The van der Waals surface area contributed by atoms with Crippen LogP contribution in [0.15, 0.2) is 103 Å². The van der Waals surface area contributed by atoms with Crippen LogP contribution in [-0.2, 0) is 22.6 Å². The molecular formula is C45H44N6O5. The largest absolute Gasteiger partial charge is 0.508 e. The molecule has 4 aliphatic rings. The maximum absolute atomic E-state index is 13.3. The molecule has 4 aromatic carbocycles. The number of fused-ring (bicyclic) bond motifs is 2. The van der Waals surface area contributed by atoms with Crippen molar-refractivity contribution < 1.29 is 24.3 Å². The van der Waals surface area contributed by atoms with Crippen molar-refractivity contribution in [1.29, 1.82) is 0 Å². The predicted octanol–water partition coefficient (Wildman–Crippen LogP) is 5.73. The highest BCUT2D eigenvalue weighted by Crippen LogP contribution is 2.47. The van der Waals surface area contributed by atoms with E-state index in [-0.39, 0.29) is 24.7 Å². The number of nitrogens with zero attached hydrogens (tertiary/aromatic N) is 5. The van der Waals surface area contributed by atoms with E-state index in [1.165, 1.54) is 22.3 Å². The molecule has 2 fully saturated rings. The van der Waals surface area contributed by atoms with E-state index in [0.29, 0.717) is 22.8 Å². The second kappa shape index (κ2) is 14.9. The highest BCUT2D eigenvalue weighted by molar-refractivity contribution is 6.23. The van der Waals surface area contributed by atoms with Gasteiger partial charge in [-0.3, -0.25) is 39.0 Å². The molecular weight excluding hydrogens is 705 g/mol. The minimum absolute atomic E-state index is 0.0959. The Kier molecular flexibility index (Phi) is 9.46. The molecule has 0 bridgehead atoms. The van der Waals surface area contributed by atoms with E-state index in [2.05, 4.69) is 87.1 Å². The van der Waals surface area contributed by atoms with E-state index in [4.69, 9.17) is 0 Å². The van der Waals surface area contributed by atoms with Gasteiger partial charge in [0.2, 0.25) is 11.8 Å². The molecule has 9 rings (SSSR count). The number of nitrogens with one attached hydrogen (secondary N) is 1. The number of aryl methyl sites for hydroxylation is 2. The summed E-state index contributed by atoms with van der Waals surface area (Å²) >= 11 is 0. The first-order valence-electron chi connectivity index (χ1n) is 19.6. The van der Waals surface area contributed by atoms with Gasteiger partial charge in [-0.1, -0.05) is 60.7 Å². The number of hydrogen-bond donors (Lipinski definition) is 2. The second-order valence-electron chi connectivity index (χ2n) is 15.4. The highest BCUT2D eigenvalue weighted by atomic mass is 16.3. The Morgan fingerprint density at radius 1 is 0.732 bits per heavy atom. The van der Waals surface area contributed by atoms with Gasteiger partial charge in [0.05, 0.1) is 17.3 Å². The Morgan fingerprint density at radius 2 is 1.52 bits per heavy atom. The molecule has 1 aliphatic carbocycles. The zero-order chi connectivity index (χ0) is 38.3. The Labute approximate surface area is 325 Å². The number of amides is 4. The Balaban J connectivity index is 0.790. The smallest absolute Gasteiger partial charge is 0.262 e. The second-order valence-corrected chi connectivity index (χ2v) is 15.4. The monoisotopic (exact) mass is 748 g/mol. The first kappa shape index (κ1) is 35.6. The number of aromatic nitrogens is 2. The van der Waals surface area contributed by atoms with E-state index < -0.39 is 23.8 Å². The molecule has 3 unspecified atom stereocenters. The lowest BCUT2D eigenvalue weighted by Gasteiger charge is -2.36. The maximum atomic E-state index is 13.3. The molecule has 3 aliphatic heterocycles. The van der Waals surface area contributed by atoms with E-state index in [0.717, 1.165) is 80.2 Å². The van der Waals surface area contributed by atoms with Gasteiger partial charge in [0.1, 0.15) is 11.8 Å². The number of phenols is 1. The fourth-order valence-corrected chi connectivity index (χ4v) is 9.14. The zero-order valence-corrected chi connectivity index (χ0v) is 31.1. The SMILES string of the molecule is O=C1CCC(N2C(=O)c3ccc(N4CCN(CCCn5cc(-c6ccc(C7c8ccc(O)cc8CCC7c7ccccc7)cc6)cn5)CC4)cc3C2=O)C(=O)N1. The number of piperazine rings is 1. The van der Waals surface area contributed by atoms with Gasteiger partial charge >= 0.3 is 0 Å². The van der Waals surface area contributed by atoms with E-state index in [1.807, 2.05) is 29.1 Å². The van der Waals surface area contributed by atoms with Crippen LogP contribution in [0.5, 0.6) is 5.75 Å². The average Bonchev–Trinajstić information content (AvgIpc) is 3.79. The fourth-order valence-electron chi connectivity index (χ4n) is 9.14. The van der Waals surface area contributed by atoms with Gasteiger partial charge in [-0.15, -0.1) is 0 Å². The quantitative estimate of drug-likeness (QED) is 0.183. The first-order chi connectivity index (χ1) is 27.3. The molecule has 2 saturated heterocycles. The molecule has 3 atom stereocenters. The summed E-state index contributed by atoms with van der Waals surface area (Å²) in [5, 5.41) is 17.1. The number of piperidine rings is 1. The lowest BCUT2D eigenvalue weighted by Crippen LogP contribution is -2.54. The van der Waals surface area contributed by atoms with Crippen LogP contribution in [0.4, 0.5) is 5.69 Å². The number of phenolic OH excluding ortho intramolecular Hbond substituents is 1. The van der Waals surface area contributed by atoms with Crippen molar-refractivity contribution >= 4 is 29.3 Å². The van der Waals surface area contributed by atoms with Crippen LogP contribution in [0, 0.1) is 0 Å². The van der Waals surface area contributed by atoms with Crippen LogP contribution in [0.1, 0.15) is 80.5 Å². The van der Waals surface area contributed by atoms with Gasteiger partial charge in [-0.2, -0.15) is 5.10 Å². The summed E-state index contributed by atoms with van der Waals surface area (Å²) < 4.78 is 2.02. The van der Waals surface area contributed by atoms with Crippen LogP contribution in [0.25, 0.3) is 11.1 Å². The van der Waals surface area contributed by atoms with Gasteiger partial charge in [-0.25, -0.2) is 0 Å². The maximum Gasteiger partial charge on any atom is 0.262 e. The summed E-state index contributed by atoms with van der Waals surface area (Å²) in [7, 11) is 0. The molecule has 5 aromatic rings. The summed E-state index contributed by atoms with van der Waals surface area (Å²) in [6, 6.07) is 29.9. The third-order valence-electron chi connectivity index (χ3n) is 12.1. The molecule has 4 amide bonds. The van der Waals surface area contributed by atoms with Crippen LogP contribution in [0.2, 0.25) is 0 Å². The van der Waals surface area contributed by atoms with Gasteiger partial charge < -0.3 is 10.0 Å². The van der Waals surface area contributed by atoms with Crippen molar-refractivity contribution in [2.24, 2.45) is 0 Å². The number of hydrogen-bond acceptors (Lipinski definition) is 8. The Bertz CT molecular complexity index is 2310. The molecule has 11 nitrogen and oxygen atoms in total. The van der Waals surface area contributed by atoms with Gasteiger partial charge in [0, 0.05) is 69.1 Å². The lowest BCUT2D eigenvalue weighted by atomic mass is 9.69. The van der Waals surface area contributed by atoms with Crippen molar-refractivity contribution in [3.05, 3.63) is 137 Å². The Morgan fingerprint density at radius 3 is 2.30 bits per heavy atom. The van der Waals surface area contributed by atoms with Gasteiger partial charge in [0.15, 0.2) is 0 Å². The minimum atomic E-state index is -0.968.